The van der Waals surface area contributed by atoms with Crippen molar-refractivity contribution in [3.8, 4) is 0 Å². The first-order valence-corrected chi connectivity index (χ1v) is 4.87. The summed E-state index contributed by atoms with van der Waals surface area (Å²) in [5.74, 6) is 0. The molecule has 1 N–H and O–H groups in total. The number of imidazole rings is 2. The molecule has 0 aliphatic carbocycles. The van der Waals surface area contributed by atoms with Gasteiger partial charge in [-0.05, 0) is 0 Å². The molecule has 5 heteroatoms. The molecule has 2 rings (SSSR count). The first kappa shape index (κ1) is 9.92. The quantitative estimate of drug-likeness (QED) is 0.644. The van der Waals surface area contributed by atoms with E-state index >= 15 is 0 Å². The summed E-state index contributed by atoms with van der Waals surface area (Å²) in [6, 6.07) is 0. The Morgan fingerprint density at radius 1 is 1.07 bits per heavy atom. The van der Waals surface area contributed by atoms with Crippen LogP contribution in [0.2, 0.25) is 0 Å². The third-order valence-electron chi connectivity index (χ3n) is 2.43. The van der Waals surface area contributed by atoms with E-state index in [1.54, 1.807) is 0 Å². The Balaban J connectivity index is 2.32. The fraction of sp³-hybridized carbons (Fsp3) is 0.400. The van der Waals surface area contributed by atoms with E-state index in [0.29, 0.717) is 0 Å². The molecule has 0 fully saturated rings. The molecule has 0 atom stereocenters. The second-order valence-corrected chi connectivity index (χ2v) is 3.72. The van der Waals surface area contributed by atoms with Gasteiger partial charge in [0.15, 0.2) is 0 Å². The Labute approximate surface area is 88.4 Å². The summed E-state index contributed by atoms with van der Waals surface area (Å²) in [6.07, 6.45) is 11.6. The van der Waals surface area contributed by atoms with Gasteiger partial charge in [0.25, 0.3) is 6.17 Å². The van der Waals surface area contributed by atoms with Crippen LogP contribution in [0.4, 0.5) is 0 Å². The Bertz CT molecular complexity index is 405. The zero-order valence-electron chi connectivity index (χ0n) is 8.98. The zero-order valence-corrected chi connectivity index (χ0v) is 8.98. The minimum Gasteiger partial charge on any atom is -0.387 e. The molecule has 0 aliphatic rings. The highest BCUT2D eigenvalue weighted by Gasteiger charge is 2.21. The minimum absolute atomic E-state index is 0.0728. The lowest BCUT2D eigenvalue weighted by Crippen LogP contribution is -2.28. The van der Waals surface area contributed by atoms with Crippen LogP contribution in [0.5, 0.6) is 0 Å². The molecule has 2 heterocycles. The summed E-state index contributed by atoms with van der Waals surface area (Å²) < 4.78 is 7.85. The molecule has 0 saturated heterocycles. The number of aliphatic hydroxyl groups excluding tert-OH is 1. The number of nitrogens with zero attached hydrogens (tertiary/aromatic N) is 4. The van der Waals surface area contributed by atoms with Gasteiger partial charge in [0.2, 0.25) is 12.7 Å². The number of hydrogen-bond donors (Lipinski definition) is 1. The number of aryl methyl sites for hydroxylation is 2. The highest BCUT2D eigenvalue weighted by molar-refractivity contribution is 4.80. The maximum absolute atomic E-state index is 9.39. The van der Waals surface area contributed by atoms with Gasteiger partial charge in [0.1, 0.15) is 31.4 Å². The molecule has 0 unspecified atom stereocenters. The van der Waals surface area contributed by atoms with Gasteiger partial charge < -0.3 is 5.11 Å². The molecule has 80 valence electrons. The fourth-order valence-corrected chi connectivity index (χ4v) is 1.63. The number of aliphatic hydroxyl groups is 1. The second-order valence-electron chi connectivity index (χ2n) is 3.72. The van der Waals surface area contributed by atoms with Crippen LogP contribution in [0.15, 0.2) is 37.4 Å². The Morgan fingerprint density at radius 3 is 1.80 bits per heavy atom. The van der Waals surface area contributed by atoms with Crippen molar-refractivity contribution in [2.75, 3.05) is 6.61 Å². The van der Waals surface area contributed by atoms with Crippen LogP contribution >= 0.6 is 0 Å². The van der Waals surface area contributed by atoms with Gasteiger partial charge in [-0.2, -0.15) is 9.13 Å². The second kappa shape index (κ2) is 3.86. The summed E-state index contributed by atoms with van der Waals surface area (Å²) in [6.45, 7) is 0.0728. The predicted molar refractivity (Wildman–Crippen MR) is 52.7 cm³/mol. The van der Waals surface area contributed by atoms with E-state index in [1.807, 2.05) is 69.8 Å². The Hall–Kier alpha value is -1.62. The number of hydrogen-bond acceptors (Lipinski definition) is 1. The largest absolute Gasteiger partial charge is 0.387 e. The average Bonchev–Trinajstić information content (AvgIpc) is 2.78. The van der Waals surface area contributed by atoms with Gasteiger partial charge in [0, 0.05) is 0 Å². The van der Waals surface area contributed by atoms with Crippen LogP contribution in [0.25, 0.3) is 0 Å². The fourth-order valence-electron chi connectivity index (χ4n) is 1.63. The standard InChI is InChI=1S/C10H16N4O/c1-11-3-5-13(8-11)10(7-15)14-6-4-12(2)9-14/h3-6,8-10,15H,7H2,1-2H3/q+2. The van der Waals surface area contributed by atoms with E-state index < -0.39 is 0 Å². The molecule has 2 aromatic rings. The molecule has 0 aliphatic heterocycles. The smallest absolute Gasteiger partial charge is 0.265 e. The molecule has 2 aromatic heterocycles. The van der Waals surface area contributed by atoms with Gasteiger partial charge >= 0.3 is 0 Å². The SMILES string of the molecule is C[n+]1ccn(C(CO)n2cc[n+](C)c2)c1. The van der Waals surface area contributed by atoms with Gasteiger partial charge in [-0.25, -0.2) is 9.13 Å². The summed E-state index contributed by atoms with van der Waals surface area (Å²) in [5.41, 5.74) is 0. The topological polar surface area (TPSA) is 37.9 Å². The zero-order chi connectivity index (χ0) is 10.8. The normalized spacial score (nSPS) is 11.2. The van der Waals surface area contributed by atoms with Crippen LogP contribution < -0.4 is 9.13 Å². The molecule has 0 amide bonds. The molecular weight excluding hydrogens is 192 g/mol. The highest BCUT2D eigenvalue weighted by Crippen LogP contribution is 2.06. The lowest BCUT2D eigenvalue weighted by Gasteiger charge is -2.05. The third-order valence-corrected chi connectivity index (χ3v) is 2.43. The van der Waals surface area contributed by atoms with E-state index in [2.05, 4.69) is 0 Å². The van der Waals surface area contributed by atoms with E-state index in [-0.39, 0.29) is 12.8 Å². The first-order valence-electron chi connectivity index (χ1n) is 4.87. The molecule has 0 radical (unpaired) electrons. The van der Waals surface area contributed by atoms with E-state index in [1.165, 1.54) is 0 Å². The van der Waals surface area contributed by atoms with Gasteiger partial charge in [-0.3, -0.25) is 0 Å². The van der Waals surface area contributed by atoms with Crippen molar-refractivity contribution < 1.29 is 14.2 Å². The molecule has 5 nitrogen and oxygen atoms in total. The predicted octanol–water partition coefficient (Wildman–Crippen LogP) is -1.02. The van der Waals surface area contributed by atoms with Crippen LogP contribution in [-0.2, 0) is 14.1 Å². The first-order chi connectivity index (χ1) is 7.20. The van der Waals surface area contributed by atoms with Gasteiger partial charge in [-0.15, -0.1) is 0 Å². The maximum Gasteiger partial charge on any atom is 0.265 e. The van der Waals surface area contributed by atoms with Crippen LogP contribution in [0.1, 0.15) is 6.17 Å². The molecule has 0 spiro atoms. The van der Waals surface area contributed by atoms with Crippen molar-refractivity contribution in [3.63, 3.8) is 0 Å². The van der Waals surface area contributed by atoms with Crippen molar-refractivity contribution >= 4 is 0 Å². The summed E-state index contributed by atoms with van der Waals surface area (Å²) >= 11 is 0. The van der Waals surface area contributed by atoms with E-state index in [4.69, 9.17) is 0 Å². The number of aromatic nitrogens is 4. The van der Waals surface area contributed by atoms with E-state index in [0.717, 1.165) is 0 Å². The highest BCUT2D eigenvalue weighted by atomic mass is 16.3. The monoisotopic (exact) mass is 208 g/mol. The van der Waals surface area contributed by atoms with Crippen molar-refractivity contribution in [1.82, 2.24) is 9.13 Å². The Kier molecular flexibility index (Phi) is 2.55. The van der Waals surface area contributed by atoms with Gasteiger partial charge in [-0.1, -0.05) is 0 Å². The van der Waals surface area contributed by atoms with Gasteiger partial charge in [0.05, 0.1) is 14.1 Å². The van der Waals surface area contributed by atoms with Crippen molar-refractivity contribution in [1.29, 1.82) is 0 Å². The van der Waals surface area contributed by atoms with Crippen LogP contribution in [-0.4, -0.2) is 20.8 Å². The lowest BCUT2D eigenvalue weighted by molar-refractivity contribution is -0.672. The molecule has 15 heavy (non-hydrogen) atoms. The van der Waals surface area contributed by atoms with Crippen LogP contribution in [0.3, 0.4) is 0 Å². The van der Waals surface area contributed by atoms with Crippen LogP contribution in [0, 0.1) is 0 Å². The molecule has 0 saturated carbocycles. The average molecular weight is 208 g/mol. The van der Waals surface area contributed by atoms with E-state index in [9.17, 15) is 5.11 Å². The van der Waals surface area contributed by atoms with Crippen molar-refractivity contribution in [3.05, 3.63) is 37.4 Å². The maximum atomic E-state index is 9.39. The number of rotatable bonds is 3. The summed E-state index contributed by atoms with van der Waals surface area (Å²) in [4.78, 5) is 0. The van der Waals surface area contributed by atoms with Crippen molar-refractivity contribution in [2.24, 2.45) is 14.1 Å². The molecule has 0 aromatic carbocycles. The summed E-state index contributed by atoms with van der Waals surface area (Å²) in [5, 5.41) is 9.39. The van der Waals surface area contributed by atoms with Crippen molar-refractivity contribution in [2.45, 2.75) is 6.17 Å². The minimum atomic E-state index is -0.0765. The molecular formula is C10H16N4O+2. The third kappa shape index (κ3) is 1.92. The Morgan fingerprint density at radius 2 is 1.53 bits per heavy atom. The molecule has 0 bridgehead atoms. The lowest BCUT2D eigenvalue weighted by atomic mass is 10.5. The summed E-state index contributed by atoms with van der Waals surface area (Å²) in [7, 11) is 3.92.